The number of halogens is 1. The summed E-state index contributed by atoms with van der Waals surface area (Å²) in [7, 11) is 0. The van der Waals surface area contributed by atoms with Crippen molar-refractivity contribution in [2.45, 2.75) is 39.2 Å². The van der Waals surface area contributed by atoms with Gasteiger partial charge in [0.2, 0.25) is 0 Å². The lowest BCUT2D eigenvalue weighted by atomic mass is 9.96. The zero-order valence-corrected chi connectivity index (χ0v) is 12.7. The minimum atomic E-state index is -0.0962. The van der Waals surface area contributed by atoms with E-state index >= 15 is 0 Å². The molecular weight excluding hydrogens is 265 g/mol. The van der Waals surface area contributed by atoms with Crippen LogP contribution in [0.1, 0.15) is 41.1 Å². The van der Waals surface area contributed by atoms with Crippen LogP contribution in [0.3, 0.4) is 0 Å². The molecule has 1 aromatic heterocycles. The van der Waals surface area contributed by atoms with Crippen LogP contribution in [0.25, 0.3) is 0 Å². The van der Waals surface area contributed by atoms with E-state index in [-0.39, 0.29) is 5.82 Å². The van der Waals surface area contributed by atoms with Gasteiger partial charge in [0.1, 0.15) is 5.82 Å². The second-order valence-corrected chi connectivity index (χ2v) is 6.03. The lowest BCUT2D eigenvalue weighted by molar-refractivity contribution is 0.444. The highest BCUT2D eigenvalue weighted by Gasteiger charge is 2.19. The Hall–Kier alpha value is -1.68. The van der Waals surface area contributed by atoms with E-state index in [9.17, 15) is 4.39 Å². The van der Waals surface area contributed by atoms with Gasteiger partial charge in [-0.2, -0.15) is 0 Å². The highest BCUT2D eigenvalue weighted by molar-refractivity contribution is 5.31. The fraction of sp³-hybridized carbons (Fsp3) is 0.471. The minimum absolute atomic E-state index is 0.0962. The van der Waals surface area contributed by atoms with Crippen LogP contribution < -0.4 is 5.32 Å². The molecule has 4 heteroatoms. The van der Waals surface area contributed by atoms with E-state index in [1.54, 1.807) is 0 Å². The summed E-state index contributed by atoms with van der Waals surface area (Å²) in [6.45, 7) is 6.54. The number of benzene rings is 1. The van der Waals surface area contributed by atoms with Crippen molar-refractivity contribution < 1.29 is 4.39 Å². The molecule has 0 aliphatic carbocycles. The molecule has 0 spiro atoms. The summed E-state index contributed by atoms with van der Waals surface area (Å²) < 4.78 is 15.9. The topological polar surface area (TPSA) is 29.9 Å². The molecule has 1 unspecified atom stereocenters. The van der Waals surface area contributed by atoms with Crippen LogP contribution in [0.5, 0.6) is 0 Å². The average molecular weight is 287 g/mol. The largest absolute Gasteiger partial charge is 0.330 e. The zero-order chi connectivity index (χ0) is 14.8. The van der Waals surface area contributed by atoms with Gasteiger partial charge in [-0.3, -0.25) is 0 Å². The summed E-state index contributed by atoms with van der Waals surface area (Å²) in [5.74, 6) is 0.435. The SMILES string of the molecule is Cc1cc(Cn2cncc2C2CCCNC2)cc(C)c1F. The Labute approximate surface area is 125 Å². The molecule has 0 radical (unpaired) electrons. The van der Waals surface area contributed by atoms with Gasteiger partial charge >= 0.3 is 0 Å². The van der Waals surface area contributed by atoms with Crippen LogP contribution in [0.15, 0.2) is 24.7 Å². The number of nitrogens with one attached hydrogen (secondary N) is 1. The lowest BCUT2D eigenvalue weighted by Gasteiger charge is -2.24. The molecule has 0 saturated carbocycles. The number of imidazole rings is 1. The number of aryl methyl sites for hydroxylation is 2. The Bertz CT molecular complexity index is 604. The predicted octanol–water partition coefficient (Wildman–Crippen LogP) is 3.15. The molecule has 0 amide bonds. The fourth-order valence-corrected chi connectivity index (χ4v) is 3.23. The first kappa shape index (κ1) is 14.3. The van der Waals surface area contributed by atoms with E-state index < -0.39 is 0 Å². The molecule has 1 aliphatic heterocycles. The summed E-state index contributed by atoms with van der Waals surface area (Å²) in [6.07, 6.45) is 6.28. The van der Waals surface area contributed by atoms with Crippen molar-refractivity contribution in [3.8, 4) is 0 Å². The van der Waals surface area contributed by atoms with Crippen LogP contribution in [0.4, 0.5) is 4.39 Å². The van der Waals surface area contributed by atoms with Gasteiger partial charge in [0, 0.05) is 30.9 Å². The molecule has 3 rings (SSSR count). The van der Waals surface area contributed by atoms with Gasteiger partial charge in [-0.05, 0) is 49.9 Å². The van der Waals surface area contributed by atoms with Crippen molar-refractivity contribution in [2.24, 2.45) is 0 Å². The fourth-order valence-electron chi connectivity index (χ4n) is 3.23. The van der Waals surface area contributed by atoms with Crippen LogP contribution in [-0.4, -0.2) is 22.6 Å². The Morgan fingerprint density at radius 1 is 1.33 bits per heavy atom. The normalized spacial score (nSPS) is 18.9. The average Bonchev–Trinajstić information content (AvgIpc) is 2.94. The number of nitrogens with zero attached hydrogens (tertiary/aromatic N) is 2. The molecule has 1 fully saturated rings. The Balaban J connectivity index is 1.84. The van der Waals surface area contributed by atoms with E-state index in [2.05, 4.69) is 14.9 Å². The van der Waals surface area contributed by atoms with Crippen LogP contribution in [0, 0.1) is 19.7 Å². The van der Waals surface area contributed by atoms with Gasteiger partial charge in [0.25, 0.3) is 0 Å². The Morgan fingerprint density at radius 2 is 2.10 bits per heavy atom. The summed E-state index contributed by atoms with van der Waals surface area (Å²) in [5, 5.41) is 3.45. The standard InChI is InChI=1S/C17H22FN3/c1-12-6-14(7-13(2)17(12)18)10-21-11-20-9-16(21)15-4-3-5-19-8-15/h6-7,9,11,15,19H,3-5,8,10H2,1-2H3. The second-order valence-electron chi connectivity index (χ2n) is 6.03. The summed E-state index contributed by atoms with van der Waals surface area (Å²) in [6, 6.07) is 3.87. The monoisotopic (exact) mass is 287 g/mol. The molecule has 21 heavy (non-hydrogen) atoms. The van der Waals surface area contributed by atoms with Crippen molar-refractivity contribution in [1.82, 2.24) is 14.9 Å². The van der Waals surface area contributed by atoms with Crippen molar-refractivity contribution in [1.29, 1.82) is 0 Å². The maximum Gasteiger partial charge on any atom is 0.129 e. The third kappa shape index (κ3) is 3.00. The number of rotatable bonds is 3. The van der Waals surface area contributed by atoms with E-state index in [1.165, 1.54) is 18.5 Å². The van der Waals surface area contributed by atoms with Crippen molar-refractivity contribution in [3.63, 3.8) is 0 Å². The number of aromatic nitrogens is 2. The number of piperidine rings is 1. The van der Waals surface area contributed by atoms with Gasteiger partial charge < -0.3 is 9.88 Å². The zero-order valence-electron chi connectivity index (χ0n) is 12.7. The molecule has 3 nitrogen and oxygen atoms in total. The van der Waals surface area contributed by atoms with Crippen molar-refractivity contribution in [2.75, 3.05) is 13.1 Å². The van der Waals surface area contributed by atoms with Gasteiger partial charge in [-0.25, -0.2) is 9.37 Å². The Morgan fingerprint density at radius 3 is 2.76 bits per heavy atom. The molecule has 1 atom stereocenters. The van der Waals surface area contributed by atoms with Gasteiger partial charge in [-0.15, -0.1) is 0 Å². The first-order valence-electron chi connectivity index (χ1n) is 7.61. The van der Waals surface area contributed by atoms with Gasteiger partial charge in [-0.1, -0.05) is 12.1 Å². The number of hydrogen-bond donors (Lipinski definition) is 1. The maximum atomic E-state index is 13.7. The summed E-state index contributed by atoms with van der Waals surface area (Å²) >= 11 is 0. The summed E-state index contributed by atoms with van der Waals surface area (Å²) in [5.41, 5.74) is 3.84. The molecule has 2 heterocycles. The highest BCUT2D eigenvalue weighted by Crippen LogP contribution is 2.24. The smallest absolute Gasteiger partial charge is 0.129 e. The van der Waals surface area contributed by atoms with Gasteiger partial charge in [0.05, 0.1) is 6.33 Å². The molecule has 1 N–H and O–H groups in total. The van der Waals surface area contributed by atoms with E-state index in [4.69, 9.17) is 0 Å². The molecule has 1 aromatic carbocycles. The van der Waals surface area contributed by atoms with Gasteiger partial charge in [0.15, 0.2) is 0 Å². The van der Waals surface area contributed by atoms with E-state index in [0.717, 1.165) is 25.2 Å². The molecule has 0 bridgehead atoms. The van der Waals surface area contributed by atoms with Crippen molar-refractivity contribution >= 4 is 0 Å². The molecule has 1 saturated heterocycles. The first-order valence-corrected chi connectivity index (χ1v) is 7.61. The summed E-state index contributed by atoms with van der Waals surface area (Å²) in [4.78, 5) is 4.32. The molecule has 2 aromatic rings. The molecule has 112 valence electrons. The minimum Gasteiger partial charge on any atom is -0.330 e. The van der Waals surface area contributed by atoms with Crippen LogP contribution in [0.2, 0.25) is 0 Å². The van der Waals surface area contributed by atoms with E-state index in [0.29, 0.717) is 17.0 Å². The van der Waals surface area contributed by atoms with Crippen molar-refractivity contribution in [3.05, 3.63) is 52.9 Å². The number of hydrogen-bond acceptors (Lipinski definition) is 2. The van der Waals surface area contributed by atoms with Crippen LogP contribution >= 0.6 is 0 Å². The molecule has 1 aliphatic rings. The first-order chi connectivity index (χ1) is 10.1. The van der Waals surface area contributed by atoms with Crippen LogP contribution in [-0.2, 0) is 6.54 Å². The van der Waals surface area contributed by atoms with E-state index in [1.807, 2.05) is 38.5 Å². The third-order valence-electron chi connectivity index (χ3n) is 4.31. The Kier molecular flexibility index (Phi) is 4.06. The predicted molar refractivity (Wildman–Crippen MR) is 82.0 cm³/mol. The highest BCUT2D eigenvalue weighted by atomic mass is 19.1. The second kappa shape index (κ2) is 5.98. The third-order valence-corrected chi connectivity index (χ3v) is 4.31. The maximum absolute atomic E-state index is 13.7. The molecular formula is C17H22FN3. The quantitative estimate of drug-likeness (QED) is 0.940. The lowest BCUT2D eigenvalue weighted by Crippen LogP contribution is -2.29.